The number of amides is 1. The molecule has 176 valence electrons. The second kappa shape index (κ2) is 8.80. The van der Waals surface area contributed by atoms with Crippen molar-refractivity contribution in [3.05, 3.63) is 112 Å². The summed E-state index contributed by atoms with van der Waals surface area (Å²) in [6.07, 6.45) is 1.66. The second-order valence-corrected chi connectivity index (χ2v) is 8.55. The summed E-state index contributed by atoms with van der Waals surface area (Å²) in [4.78, 5) is 29.2. The third-order valence-corrected chi connectivity index (χ3v) is 6.38. The van der Waals surface area contributed by atoms with Crippen molar-refractivity contribution in [3.63, 3.8) is 0 Å². The van der Waals surface area contributed by atoms with Crippen molar-refractivity contribution in [1.29, 1.82) is 0 Å². The number of benzene rings is 3. The molecular weight excluding hydrogens is 442 g/mol. The van der Waals surface area contributed by atoms with E-state index >= 15 is 0 Å². The van der Waals surface area contributed by atoms with Crippen molar-refractivity contribution in [2.75, 3.05) is 18.6 Å². The summed E-state index contributed by atoms with van der Waals surface area (Å²) in [6.45, 7) is 7.94. The molecule has 6 nitrogen and oxygen atoms in total. The maximum atomic E-state index is 13.8. The molecule has 35 heavy (non-hydrogen) atoms. The number of fused-ring (bicyclic) bond motifs is 2. The van der Waals surface area contributed by atoms with Gasteiger partial charge in [-0.1, -0.05) is 24.8 Å². The Kier molecular flexibility index (Phi) is 5.65. The van der Waals surface area contributed by atoms with Crippen molar-refractivity contribution >= 4 is 22.6 Å². The zero-order valence-electron chi connectivity index (χ0n) is 19.8. The van der Waals surface area contributed by atoms with E-state index in [4.69, 9.17) is 13.9 Å². The highest BCUT2D eigenvalue weighted by Crippen LogP contribution is 2.42. The van der Waals surface area contributed by atoms with E-state index in [1.807, 2.05) is 50.2 Å². The number of nitrogens with zero attached hydrogens (tertiary/aromatic N) is 1. The summed E-state index contributed by atoms with van der Waals surface area (Å²) in [5.74, 6) is 0.976. The van der Waals surface area contributed by atoms with Gasteiger partial charge in [0.2, 0.25) is 5.76 Å². The lowest BCUT2D eigenvalue weighted by atomic mass is 9.97. The van der Waals surface area contributed by atoms with Crippen LogP contribution < -0.4 is 19.8 Å². The summed E-state index contributed by atoms with van der Waals surface area (Å²) < 4.78 is 17.1. The van der Waals surface area contributed by atoms with Crippen molar-refractivity contribution in [3.8, 4) is 11.5 Å². The molecule has 0 aliphatic carbocycles. The Hall–Kier alpha value is -4.32. The first-order chi connectivity index (χ1) is 16.9. The quantitative estimate of drug-likeness (QED) is 0.339. The van der Waals surface area contributed by atoms with E-state index < -0.39 is 6.04 Å². The van der Waals surface area contributed by atoms with Crippen LogP contribution in [-0.2, 0) is 0 Å². The zero-order chi connectivity index (χ0) is 24.7. The monoisotopic (exact) mass is 467 g/mol. The van der Waals surface area contributed by atoms with Gasteiger partial charge in [-0.2, -0.15) is 0 Å². The van der Waals surface area contributed by atoms with Crippen molar-refractivity contribution < 1.29 is 18.7 Å². The maximum Gasteiger partial charge on any atom is 0.295 e. The predicted octanol–water partition coefficient (Wildman–Crippen LogP) is 5.73. The minimum atomic E-state index is -0.680. The van der Waals surface area contributed by atoms with Crippen molar-refractivity contribution in [2.24, 2.45) is 0 Å². The number of hydrogen-bond acceptors (Lipinski definition) is 5. The molecule has 0 N–H and O–H groups in total. The standard InChI is InChI=1S/C29H25NO5/c1-5-13-34-22-8-6-7-19(16-22)26-25-27(31)23-14-17(2)18(3)15-24(23)35-28(25)29(32)30(26)20-9-11-21(33-4)12-10-20/h5-12,14-16,26H,1,13H2,2-4H3. The van der Waals surface area contributed by atoms with Crippen LogP contribution in [0.15, 0.2) is 82.5 Å². The number of hydrogen-bond donors (Lipinski definition) is 0. The third-order valence-electron chi connectivity index (χ3n) is 6.38. The Labute approximate surface area is 203 Å². The van der Waals surface area contributed by atoms with Crippen LogP contribution in [0.2, 0.25) is 0 Å². The smallest absolute Gasteiger partial charge is 0.295 e. The molecule has 0 fully saturated rings. The predicted molar refractivity (Wildman–Crippen MR) is 136 cm³/mol. The highest BCUT2D eigenvalue weighted by atomic mass is 16.5. The van der Waals surface area contributed by atoms with E-state index in [9.17, 15) is 9.59 Å². The average Bonchev–Trinajstić information content (AvgIpc) is 3.16. The molecule has 5 rings (SSSR count). The van der Waals surface area contributed by atoms with Crippen LogP contribution in [0.3, 0.4) is 0 Å². The first kappa shape index (κ1) is 22.5. The lowest BCUT2D eigenvalue weighted by Gasteiger charge is -2.25. The van der Waals surface area contributed by atoms with Crippen LogP contribution in [0.4, 0.5) is 5.69 Å². The van der Waals surface area contributed by atoms with Crippen LogP contribution in [-0.4, -0.2) is 19.6 Å². The molecule has 1 aliphatic rings. The van der Waals surface area contributed by atoms with Crippen LogP contribution >= 0.6 is 0 Å². The lowest BCUT2D eigenvalue weighted by Crippen LogP contribution is -2.29. The minimum absolute atomic E-state index is 0.0592. The molecular formula is C29H25NO5. The molecule has 0 spiro atoms. The zero-order valence-corrected chi connectivity index (χ0v) is 19.8. The van der Waals surface area contributed by atoms with Crippen LogP contribution in [0, 0.1) is 13.8 Å². The molecule has 1 unspecified atom stereocenters. The fourth-order valence-corrected chi connectivity index (χ4v) is 4.48. The second-order valence-electron chi connectivity index (χ2n) is 8.55. The van der Waals surface area contributed by atoms with Crippen molar-refractivity contribution in [2.45, 2.75) is 19.9 Å². The molecule has 2 heterocycles. The van der Waals surface area contributed by atoms with E-state index in [1.54, 1.807) is 42.4 Å². The molecule has 1 aliphatic heterocycles. The molecule has 6 heteroatoms. The van der Waals surface area contributed by atoms with E-state index in [1.165, 1.54) is 0 Å². The largest absolute Gasteiger partial charge is 0.497 e. The van der Waals surface area contributed by atoms with Crippen molar-refractivity contribution in [1.82, 2.24) is 0 Å². The Morgan fingerprint density at radius 1 is 1.00 bits per heavy atom. The van der Waals surface area contributed by atoms with Gasteiger partial charge in [-0.3, -0.25) is 14.5 Å². The molecule has 1 amide bonds. The first-order valence-electron chi connectivity index (χ1n) is 11.3. The summed E-state index contributed by atoms with van der Waals surface area (Å²) >= 11 is 0. The number of anilines is 1. The Morgan fingerprint density at radius 2 is 1.74 bits per heavy atom. The number of rotatable bonds is 6. The SMILES string of the molecule is C=CCOc1cccc(C2c3c(oc4cc(C)c(C)cc4c3=O)C(=O)N2c2ccc(OC)cc2)c1. The van der Waals surface area contributed by atoms with Gasteiger partial charge in [-0.15, -0.1) is 0 Å². The average molecular weight is 468 g/mol. The Balaban J connectivity index is 1.76. The molecule has 0 saturated heterocycles. The lowest BCUT2D eigenvalue weighted by molar-refractivity contribution is 0.0971. The van der Waals surface area contributed by atoms with E-state index in [2.05, 4.69) is 6.58 Å². The van der Waals surface area contributed by atoms with Gasteiger partial charge in [0.25, 0.3) is 5.91 Å². The highest BCUT2D eigenvalue weighted by molar-refractivity contribution is 6.10. The van der Waals surface area contributed by atoms with Gasteiger partial charge in [0.1, 0.15) is 23.7 Å². The van der Waals surface area contributed by atoms with Gasteiger partial charge in [0.05, 0.1) is 24.1 Å². The summed E-state index contributed by atoms with van der Waals surface area (Å²) in [5, 5.41) is 0.459. The number of ether oxygens (including phenoxy) is 2. The molecule has 3 aromatic carbocycles. The van der Waals surface area contributed by atoms with Gasteiger partial charge in [0, 0.05) is 5.69 Å². The summed E-state index contributed by atoms with van der Waals surface area (Å²) in [7, 11) is 1.58. The topological polar surface area (TPSA) is 69.0 Å². The Morgan fingerprint density at radius 3 is 2.46 bits per heavy atom. The van der Waals surface area contributed by atoms with E-state index in [0.717, 1.165) is 16.7 Å². The summed E-state index contributed by atoms with van der Waals surface area (Å²) in [5.41, 5.74) is 3.85. The number of carbonyl (C=O) groups is 1. The third kappa shape index (κ3) is 3.77. The number of carbonyl (C=O) groups excluding carboxylic acids is 1. The fourth-order valence-electron chi connectivity index (χ4n) is 4.48. The van der Waals surface area contributed by atoms with Crippen LogP contribution in [0.1, 0.15) is 38.9 Å². The van der Waals surface area contributed by atoms with E-state index in [0.29, 0.717) is 40.3 Å². The van der Waals surface area contributed by atoms with Gasteiger partial charge in [-0.25, -0.2) is 0 Å². The first-order valence-corrected chi connectivity index (χ1v) is 11.3. The maximum absolute atomic E-state index is 13.8. The molecule has 0 saturated carbocycles. The van der Waals surface area contributed by atoms with Crippen LogP contribution in [0.5, 0.6) is 11.5 Å². The molecule has 4 aromatic rings. The van der Waals surface area contributed by atoms with Crippen LogP contribution in [0.25, 0.3) is 11.0 Å². The number of methoxy groups -OCH3 is 1. The molecule has 0 bridgehead atoms. The molecule has 1 atom stereocenters. The van der Waals surface area contributed by atoms with Gasteiger partial charge < -0.3 is 13.9 Å². The fraction of sp³-hybridized carbons (Fsp3) is 0.172. The number of aryl methyl sites for hydroxylation is 2. The summed E-state index contributed by atoms with van der Waals surface area (Å²) in [6, 6.07) is 17.5. The normalized spacial score (nSPS) is 14.8. The Bertz CT molecular complexity index is 1520. The highest BCUT2D eigenvalue weighted by Gasteiger charge is 2.43. The molecule has 0 radical (unpaired) electrons. The minimum Gasteiger partial charge on any atom is -0.497 e. The van der Waals surface area contributed by atoms with Gasteiger partial charge in [0.15, 0.2) is 5.43 Å². The van der Waals surface area contributed by atoms with Gasteiger partial charge >= 0.3 is 0 Å². The van der Waals surface area contributed by atoms with Gasteiger partial charge in [-0.05, 0) is 79.1 Å². The molecule has 1 aromatic heterocycles. The van der Waals surface area contributed by atoms with E-state index in [-0.39, 0.29) is 17.1 Å².